The van der Waals surface area contributed by atoms with Gasteiger partial charge in [0.2, 0.25) is 5.91 Å². The molecule has 4 aliphatic rings. The molecule has 0 heterocycles. The van der Waals surface area contributed by atoms with Gasteiger partial charge in [-0.1, -0.05) is 0 Å². The van der Waals surface area contributed by atoms with Crippen molar-refractivity contribution in [1.82, 2.24) is 4.90 Å². The normalized spacial score (nSPS) is 27.9. The van der Waals surface area contributed by atoms with Gasteiger partial charge in [0, 0.05) is 30.6 Å². The summed E-state index contributed by atoms with van der Waals surface area (Å²) in [6.45, 7) is 0.0958. The average Bonchev–Trinajstić information content (AvgIpc) is 3.65. The van der Waals surface area contributed by atoms with Crippen LogP contribution in [0.4, 0.5) is 4.39 Å². The fraction of sp³-hybridized carbons (Fsp3) is 0.625. The van der Waals surface area contributed by atoms with Crippen LogP contribution >= 0.6 is 0 Å². The fourth-order valence-corrected chi connectivity index (χ4v) is 7.30. The smallest absolute Gasteiger partial charge is 0.225 e. The minimum atomic E-state index is -3.45. The quantitative estimate of drug-likeness (QED) is 0.603. The molecule has 0 atom stereocenters. The molecule has 176 valence electrons. The van der Waals surface area contributed by atoms with Gasteiger partial charge in [0.25, 0.3) is 0 Å². The molecule has 4 fully saturated rings. The van der Waals surface area contributed by atoms with Gasteiger partial charge in [-0.2, -0.15) is 0 Å². The van der Waals surface area contributed by atoms with Crippen LogP contribution in [0.5, 0.6) is 5.75 Å². The van der Waals surface area contributed by atoms with Gasteiger partial charge >= 0.3 is 0 Å². The topological polar surface area (TPSA) is 89.7 Å². The average molecular weight is 465 g/mol. The molecule has 0 aromatic heterocycles. The Morgan fingerprint density at radius 2 is 1.75 bits per heavy atom. The zero-order chi connectivity index (χ0) is 23.0. The lowest BCUT2D eigenvalue weighted by Gasteiger charge is -2.56. The summed E-state index contributed by atoms with van der Waals surface area (Å²) in [6, 6.07) is 6.31. The van der Waals surface area contributed by atoms with Crippen molar-refractivity contribution in [3.63, 3.8) is 0 Å². The highest BCUT2D eigenvalue weighted by Crippen LogP contribution is 2.55. The molecule has 0 radical (unpaired) electrons. The monoisotopic (exact) mass is 464 g/mol. The van der Waals surface area contributed by atoms with E-state index in [1.54, 1.807) is 24.3 Å². The first-order chi connectivity index (χ1) is 15.2. The number of fused-ring (bicyclic) bond motifs is 3. The molecule has 32 heavy (non-hydrogen) atoms. The summed E-state index contributed by atoms with van der Waals surface area (Å²) >= 11 is 0. The van der Waals surface area contributed by atoms with Crippen LogP contribution in [0.3, 0.4) is 0 Å². The Morgan fingerprint density at radius 1 is 1.16 bits per heavy atom. The lowest BCUT2D eigenvalue weighted by Crippen LogP contribution is -2.58. The second-order valence-corrected chi connectivity index (χ2v) is 11.9. The van der Waals surface area contributed by atoms with Crippen molar-refractivity contribution >= 4 is 15.7 Å². The van der Waals surface area contributed by atoms with Crippen LogP contribution in [0.25, 0.3) is 0 Å². The summed E-state index contributed by atoms with van der Waals surface area (Å²) in [6.07, 6.45) is 7.62. The maximum Gasteiger partial charge on any atom is 0.225 e. The van der Waals surface area contributed by atoms with Gasteiger partial charge in [-0.25, -0.2) is 12.8 Å². The third-order valence-electron chi connectivity index (χ3n) is 7.85. The van der Waals surface area contributed by atoms with Crippen molar-refractivity contribution < 1.29 is 22.3 Å². The highest BCUT2D eigenvalue weighted by Gasteiger charge is 2.53. The molecule has 0 saturated heterocycles. The van der Waals surface area contributed by atoms with Crippen LogP contribution in [0.2, 0.25) is 0 Å². The second-order valence-electron chi connectivity index (χ2n) is 9.89. The standard InChI is InChI=1S/C24H33FN2O4S/c1-27(22(28)19-2-3-19)24-11-8-23(9-12-24,10-13-24)17-32(29,30)21-6-4-20(5-7-21)31-16-18(14-25)15-26/h4-7,14,19H,2-3,8-13,15-17,26H2,1H3/b18-14+. The van der Waals surface area contributed by atoms with Crippen LogP contribution in [0.15, 0.2) is 41.1 Å². The number of hydrogen-bond donors (Lipinski definition) is 1. The number of benzene rings is 1. The number of rotatable bonds is 9. The molecule has 8 heteroatoms. The van der Waals surface area contributed by atoms with Crippen molar-refractivity contribution in [2.45, 2.75) is 61.8 Å². The third kappa shape index (κ3) is 4.57. The number of halogens is 1. The van der Waals surface area contributed by atoms with Gasteiger partial charge in [0.15, 0.2) is 9.84 Å². The third-order valence-corrected chi connectivity index (χ3v) is 9.83. The number of sulfone groups is 1. The number of nitrogens with zero attached hydrogens (tertiary/aromatic N) is 1. The zero-order valence-electron chi connectivity index (χ0n) is 18.7. The molecule has 0 unspecified atom stereocenters. The number of carbonyl (C=O) groups is 1. The first kappa shape index (κ1) is 23.2. The number of nitrogens with two attached hydrogens (primary N) is 1. The number of ether oxygens (including phenoxy) is 1. The Labute approximate surface area is 189 Å². The van der Waals surface area contributed by atoms with Crippen LogP contribution in [-0.4, -0.2) is 50.7 Å². The van der Waals surface area contributed by atoms with Crippen LogP contribution in [0, 0.1) is 11.3 Å². The van der Waals surface area contributed by atoms with E-state index in [0.717, 1.165) is 51.4 Å². The highest BCUT2D eigenvalue weighted by atomic mass is 32.2. The van der Waals surface area contributed by atoms with E-state index in [2.05, 4.69) is 0 Å². The Kier molecular flexibility index (Phi) is 6.38. The SMILES string of the molecule is CN(C(=O)C1CC1)C12CCC(CS(=O)(=O)c3ccc(OC/C(=C/F)CN)cc3)(CC1)CC2. The summed E-state index contributed by atoms with van der Waals surface area (Å²) in [5.74, 6) is 1.09. The molecule has 2 bridgehead atoms. The molecular formula is C24H33FN2O4S. The summed E-state index contributed by atoms with van der Waals surface area (Å²) < 4.78 is 44.5. The Morgan fingerprint density at radius 3 is 2.25 bits per heavy atom. The van der Waals surface area contributed by atoms with E-state index in [4.69, 9.17) is 10.5 Å². The second kappa shape index (κ2) is 8.78. The molecule has 0 aliphatic heterocycles. The number of amides is 1. The number of hydrogen-bond acceptors (Lipinski definition) is 5. The fourth-order valence-electron chi connectivity index (χ4n) is 5.34. The predicted molar refractivity (Wildman–Crippen MR) is 121 cm³/mol. The predicted octanol–water partition coefficient (Wildman–Crippen LogP) is 3.61. The molecule has 1 aromatic rings. The minimum absolute atomic E-state index is 0.0294. The van der Waals surface area contributed by atoms with Gasteiger partial charge in [-0.3, -0.25) is 4.79 Å². The summed E-state index contributed by atoms with van der Waals surface area (Å²) in [7, 11) is -1.51. The van der Waals surface area contributed by atoms with E-state index in [-0.39, 0.29) is 46.6 Å². The van der Waals surface area contributed by atoms with E-state index in [0.29, 0.717) is 17.7 Å². The van der Waals surface area contributed by atoms with Gasteiger partial charge < -0.3 is 15.4 Å². The number of carbonyl (C=O) groups excluding carboxylic acids is 1. The van der Waals surface area contributed by atoms with Gasteiger partial charge in [0.05, 0.1) is 17.0 Å². The zero-order valence-corrected chi connectivity index (χ0v) is 19.5. The Balaban J connectivity index is 1.38. The Bertz CT molecular complexity index is 961. The van der Waals surface area contributed by atoms with E-state index in [1.165, 1.54) is 0 Å². The maximum absolute atomic E-state index is 13.2. The van der Waals surface area contributed by atoms with Crippen molar-refractivity contribution in [2.75, 3.05) is 26.0 Å². The largest absolute Gasteiger partial charge is 0.489 e. The lowest BCUT2D eigenvalue weighted by molar-refractivity contribution is -0.143. The van der Waals surface area contributed by atoms with Crippen molar-refractivity contribution in [3.05, 3.63) is 36.2 Å². The Hall–Kier alpha value is -1.93. The van der Waals surface area contributed by atoms with E-state index < -0.39 is 9.84 Å². The van der Waals surface area contributed by atoms with E-state index >= 15 is 0 Å². The molecule has 0 spiro atoms. The molecule has 4 aliphatic carbocycles. The first-order valence-electron chi connectivity index (χ1n) is 11.4. The van der Waals surface area contributed by atoms with Gasteiger partial charge in [-0.05, 0) is 81.0 Å². The summed E-state index contributed by atoms with van der Waals surface area (Å²) in [5, 5.41) is 0. The lowest BCUT2D eigenvalue weighted by atomic mass is 9.57. The molecule has 6 nitrogen and oxygen atoms in total. The van der Waals surface area contributed by atoms with Crippen LogP contribution in [-0.2, 0) is 14.6 Å². The van der Waals surface area contributed by atoms with Crippen LogP contribution < -0.4 is 10.5 Å². The first-order valence-corrected chi connectivity index (χ1v) is 13.1. The molecule has 1 aromatic carbocycles. The highest BCUT2D eigenvalue weighted by molar-refractivity contribution is 7.91. The van der Waals surface area contributed by atoms with Crippen molar-refractivity contribution in [1.29, 1.82) is 0 Å². The summed E-state index contributed by atoms with van der Waals surface area (Å²) in [4.78, 5) is 14.9. The van der Waals surface area contributed by atoms with Gasteiger partial charge in [0.1, 0.15) is 12.4 Å². The molecule has 1 amide bonds. The molecule has 4 saturated carbocycles. The minimum Gasteiger partial charge on any atom is -0.489 e. The molecule has 5 rings (SSSR count). The van der Waals surface area contributed by atoms with E-state index in [1.807, 2.05) is 11.9 Å². The van der Waals surface area contributed by atoms with Crippen molar-refractivity contribution in [3.8, 4) is 5.75 Å². The van der Waals surface area contributed by atoms with Crippen LogP contribution in [0.1, 0.15) is 51.4 Å². The van der Waals surface area contributed by atoms with E-state index in [9.17, 15) is 17.6 Å². The molecular weight excluding hydrogens is 431 g/mol. The maximum atomic E-state index is 13.2. The summed E-state index contributed by atoms with van der Waals surface area (Å²) in [5.41, 5.74) is 5.45. The molecule has 2 N–H and O–H groups in total. The van der Waals surface area contributed by atoms with Crippen molar-refractivity contribution in [2.24, 2.45) is 17.1 Å². The van der Waals surface area contributed by atoms with Gasteiger partial charge in [-0.15, -0.1) is 0 Å².